The Labute approximate surface area is 194 Å². The molecule has 0 spiro atoms. The van der Waals surface area contributed by atoms with Crippen LogP contribution in [0.15, 0.2) is 115 Å². The van der Waals surface area contributed by atoms with Crippen molar-refractivity contribution in [3.63, 3.8) is 0 Å². The van der Waals surface area contributed by atoms with E-state index in [-0.39, 0.29) is 0 Å². The third-order valence-corrected chi connectivity index (χ3v) is 6.46. The van der Waals surface area contributed by atoms with Crippen LogP contribution in [0, 0.1) is 18.8 Å². The Balaban J connectivity index is 1.68. The summed E-state index contributed by atoms with van der Waals surface area (Å²) in [5.41, 5.74) is 5.93. The van der Waals surface area contributed by atoms with Gasteiger partial charge in [0.25, 0.3) is 0 Å². The highest BCUT2D eigenvalue weighted by Crippen LogP contribution is 2.38. The van der Waals surface area contributed by atoms with Crippen molar-refractivity contribution in [2.45, 2.75) is 6.92 Å². The van der Waals surface area contributed by atoms with E-state index in [1.807, 2.05) is 0 Å². The van der Waals surface area contributed by atoms with Crippen molar-refractivity contribution < 1.29 is 0 Å². The molecule has 6 aromatic rings. The number of rotatable bonds is 1. The fourth-order valence-electron chi connectivity index (χ4n) is 4.87. The molecule has 0 aromatic heterocycles. The largest absolute Gasteiger partial charge is 0.0622 e. The second-order valence-corrected chi connectivity index (χ2v) is 8.43. The first-order valence-electron chi connectivity index (χ1n) is 11.3. The molecular formula is C33H22. The maximum Gasteiger partial charge on any atom is 0.0406 e. The van der Waals surface area contributed by atoms with Gasteiger partial charge in [-0.2, -0.15) is 0 Å². The first kappa shape index (κ1) is 19.4. The highest BCUT2D eigenvalue weighted by atomic mass is 14.2. The fraction of sp³-hybridized carbons (Fsp3) is 0.0303. The van der Waals surface area contributed by atoms with Gasteiger partial charge in [-0.1, -0.05) is 121 Å². The average molecular weight is 419 g/mol. The van der Waals surface area contributed by atoms with Crippen LogP contribution in [-0.2, 0) is 0 Å². The van der Waals surface area contributed by atoms with Gasteiger partial charge in [0.2, 0.25) is 0 Å². The minimum atomic E-state index is 1.07. The summed E-state index contributed by atoms with van der Waals surface area (Å²) >= 11 is 0. The molecule has 0 heterocycles. The SMILES string of the molecule is Cc1ccc(C#Cc2c3ccccc3c(-c3ccccc3)c3ccccc23)c2ccccc12. The van der Waals surface area contributed by atoms with Crippen LogP contribution in [0.1, 0.15) is 16.7 Å². The molecule has 6 rings (SSSR count). The zero-order valence-corrected chi connectivity index (χ0v) is 18.5. The molecule has 0 aliphatic heterocycles. The number of benzene rings is 6. The quantitative estimate of drug-likeness (QED) is 0.185. The lowest BCUT2D eigenvalue weighted by atomic mass is 9.88. The van der Waals surface area contributed by atoms with Crippen LogP contribution in [-0.4, -0.2) is 0 Å². The van der Waals surface area contributed by atoms with E-state index < -0.39 is 0 Å². The third kappa shape index (κ3) is 3.27. The minimum absolute atomic E-state index is 1.07. The summed E-state index contributed by atoms with van der Waals surface area (Å²) in [5, 5.41) is 7.33. The van der Waals surface area contributed by atoms with Crippen LogP contribution in [0.2, 0.25) is 0 Å². The van der Waals surface area contributed by atoms with Crippen LogP contribution in [0.5, 0.6) is 0 Å². The molecule has 33 heavy (non-hydrogen) atoms. The molecule has 0 saturated carbocycles. The van der Waals surface area contributed by atoms with E-state index in [0.717, 1.165) is 11.1 Å². The summed E-state index contributed by atoms with van der Waals surface area (Å²) in [6.45, 7) is 2.16. The highest BCUT2D eigenvalue weighted by molar-refractivity contribution is 6.16. The van der Waals surface area contributed by atoms with Gasteiger partial charge in [-0.15, -0.1) is 0 Å². The molecule has 0 N–H and O–H groups in total. The third-order valence-electron chi connectivity index (χ3n) is 6.46. The molecule has 0 aliphatic rings. The maximum absolute atomic E-state index is 3.59. The second kappa shape index (κ2) is 7.97. The topological polar surface area (TPSA) is 0 Å². The molecule has 0 bridgehead atoms. The Morgan fingerprint density at radius 3 is 1.58 bits per heavy atom. The molecule has 0 fully saturated rings. The van der Waals surface area contributed by atoms with Crippen LogP contribution in [0.4, 0.5) is 0 Å². The van der Waals surface area contributed by atoms with Gasteiger partial charge in [0.1, 0.15) is 0 Å². The molecule has 0 nitrogen and oxygen atoms in total. The zero-order valence-electron chi connectivity index (χ0n) is 18.5. The molecule has 0 saturated heterocycles. The van der Waals surface area contributed by atoms with Crippen molar-refractivity contribution in [1.29, 1.82) is 0 Å². The summed E-state index contributed by atoms with van der Waals surface area (Å²) in [4.78, 5) is 0. The van der Waals surface area contributed by atoms with E-state index in [1.54, 1.807) is 0 Å². The molecular weight excluding hydrogens is 396 g/mol. The van der Waals surface area contributed by atoms with Crippen LogP contribution >= 0.6 is 0 Å². The number of fused-ring (bicyclic) bond motifs is 3. The molecule has 154 valence electrons. The predicted molar refractivity (Wildman–Crippen MR) is 142 cm³/mol. The van der Waals surface area contributed by atoms with Crippen molar-refractivity contribution in [3.05, 3.63) is 132 Å². The average Bonchev–Trinajstić information content (AvgIpc) is 2.88. The summed E-state index contributed by atoms with van der Waals surface area (Å²) in [7, 11) is 0. The first-order valence-corrected chi connectivity index (χ1v) is 11.3. The van der Waals surface area contributed by atoms with Crippen LogP contribution in [0.3, 0.4) is 0 Å². The predicted octanol–water partition coefficient (Wildman–Crippen LogP) is 8.52. The molecule has 6 aromatic carbocycles. The maximum atomic E-state index is 3.59. The van der Waals surface area contributed by atoms with Crippen LogP contribution < -0.4 is 0 Å². The van der Waals surface area contributed by atoms with E-state index in [2.05, 4.69) is 134 Å². The fourth-order valence-corrected chi connectivity index (χ4v) is 4.87. The number of aryl methyl sites for hydroxylation is 1. The van der Waals surface area contributed by atoms with E-state index >= 15 is 0 Å². The van der Waals surface area contributed by atoms with Gasteiger partial charge in [0.05, 0.1) is 0 Å². The van der Waals surface area contributed by atoms with Crippen molar-refractivity contribution in [1.82, 2.24) is 0 Å². The minimum Gasteiger partial charge on any atom is -0.0622 e. The normalized spacial score (nSPS) is 10.9. The zero-order chi connectivity index (χ0) is 22.2. The highest BCUT2D eigenvalue weighted by Gasteiger charge is 2.13. The number of hydrogen-bond acceptors (Lipinski definition) is 0. The molecule has 0 amide bonds. The van der Waals surface area contributed by atoms with Crippen molar-refractivity contribution in [2.24, 2.45) is 0 Å². The van der Waals surface area contributed by atoms with Gasteiger partial charge in [0.15, 0.2) is 0 Å². The van der Waals surface area contributed by atoms with E-state index in [9.17, 15) is 0 Å². The lowest BCUT2D eigenvalue weighted by Crippen LogP contribution is -1.90. The van der Waals surface area contributed by atoms with E-state index in [0.29, 0.717) is 0 Å². The van der Waals surface area contributed by atoms with E-state index in [4.69, 9.17) is 0 Å². The Morgan fingerprint density at radius 2 is 0.939 bits per heavy atom. The first-order chi connectivity index (χ1) is 16.3. The molecule has 0 aliphatic carbocycles. The van der Waals surface area contributed by atoms with Crippen molar-refractivity contribution >= 4 is 32.3 Å². The molecule has 0 atom stereocenters. The second-order valence-electron chi connectivity index (χ2n) is 8.43. The number of hydrogen-bond donors (Lipinski definition) is 0. The van der Waals surface area contributed by atoms with Crippen LogP contribution in [0.25, 0.3) is 43.4 Å². The standard InChI is InChI=1S/C33H22/c1-23-19-20-24(27-14-6-5-13-26(23)27)21-22-30-28-15-7-9-17-31(28)33(25-11-3-2-4-12-25)32-18-10-8-16-29(30)32/h2-20H,1H3. The van der Waals surface area contributed by atoms with Gasteiger partial charge < -0.3 is 0 Å². The van der Waals surface area contributed by atoms with E-state index in [1.165, 1.54) is 49.0 Å². The van der Waals surface area contributed by atoms with Crippen molar-refractivity contribution in [2.75, 3.05) is 0 Å². The Kier molecular flexibility index (Phi) is 4.68. The summed E-state index contributed by atoms with van der Waals surface area (Å²) in [6, 6.07) is 40.8. The molecule has 0 heteroatoms. The van der Waals surface area contributed by atoms with Gasteiger partial charge in [0, 0.05) is 11.1 Å². The van der Waals surface area contributed by atoms with Gasteiger partial charge in [-0.3, -0.25) is 0 Å². The Morgan fingerprint density at radius 1 is 0.424 bits per heavy atom. The summed E-state index contributed by atoms with van der Waals surface area (Å²) in [5.74, 6) is 7.11. The monoisotopic (exact) mass is 418 g/mol. The van der Waals surface area contributed by atoms with Gasteiger partial charge >= 0.3 is 0 Å². The van der Waals surface area contributed by atoms with Crippen molar-refractivity contribution in [3.8, 4) is 23.0 Å². The molecule has 0 unspecified atom stereocenters. The van der Waals surface area contributed by atoms with Gasteiger partial charge in [-0.05, 0) is 62.0 Å². The Bertz CT molecular complexity index is 1650. The Hall–Kier alpha value is -4.34. The smallest absolute Gasteiger partial charge is 0.0406 e. The summed E-state index contributed by atoms with van der Waals surface area (Å²) < 4.78 is 0. The lowest BCUT2D eigenvalue weighted by molar-refractivity contribution is 1.52. The summed E-state index contributed by atoms with van der Waals surface area (Å²) in [6.07, 6.45) is 0. The van der Waals surface area contributed by atoms with Gasteiger partial charge in [-0.25, -0.2) is 0 Å². The molecule has 0 radical (unpaired) electrons. The lowest BCUT2D eigenvalue weighted by Gasteiger charge is -2.14.